The largest absolute Gasteiger partial charge is 0.511 e. The molecular formula is C11H12O5. The first-order valence-corrected chi connectivity index (χ1v) is 5.20. The van der Waals surface area contributed by atoms with E-state index in [1.54, 1.807) is 0 Å². The van der Waals surface area contributed by atoms with E-state index in [0.717, 1.165) is 6.92 Å². The minimum Gasteiger partial charge on any atom is -0.511 e. The third-order valence-electron chi connectivity index (χ3n) is 3.13. The Kier molecular flexibility index (Phi) is 2.53. The molecule has 0 aromatic rings. The number of hydrogen-bond donors (Lipinski definition) is 1. The summed E-state index contributed by atoms with van der Waals surface area (Å²) in [5, 5.41) is 9.76. The Morgan fingerprint density at radius 3 is 2.56 bits per heavy atom. The number of allylic oxidation sites excluding steroid dienone is 1. The van der Waals surface area contributed by atoms with Gasteiger partial charge in [0.25, 0.3) is 0 Å². The molecule has 2 unspecified atom stereocenters. The van der Waals surface area contributed by atoms with Crippen LogP contribution >= 0.6 is 0 Å². The molecule has 1 fully saturated rings. The topological polar surface area (TPSA) is 80.7 Å². The normalized spacial score (nSPS) is 28.2. The Morgan fingerprint density at radius 1 is 1.31 bits per heavy atom. The Labute approximate surface area is 92.1 Å². The first-order valence-electron chi connectivity index (χ1n) is 5.20. The number of ether oxygens (including phenoxy) is 1. The van der Waals surface area contributed by atoms with Crippen LogP contribution in [-0.4, -0.2) is 22.8 Å². The zero-order valence-corrected chi connectivity index (χ0v) is 8.86. The smallest absolute Gasteiger partial charge is 0.352 e. The molecule has 1 saturated carbocycles. The minimum absolute atomic E-state index is 0.128. The van der Waals surface area contributed by atoms with Gasteiger partial charge in [0.1, 0.15) is 11.3 Å². The Bertz CT molecular complexity index is 407. The van der Waals surface area contributed by atoms with Gasteiger partial charge < -0.3 is 9.84 Å². The van der Waals surface area contributed by atoms with E-state index in [1.165, 1.54) is 0 Å². The minimum atomic E-state index is -1.02. The Hall–Kier alpha value is -1.65. The first-order chi connectivity index (χ1) is 7.50. The van der Waals surface area contributed by atoms with E-state index < -0.39 is 17.7 Å². The van der Waals surface area contributed by atoms with Crippen molar-refractivity contribution in [1.29, 1.82) is 0 Å². The summed E-state index contributed by atoms with van der Waals surface area (Å²) < 4.78 is 4.34. The highest BCUT2D eigenvalue weighted by molar-refractivity contribution is 6.20. The maximum absolute atomic E-state index is 11.8. The molecule has 0 aromatic heterocycles. The predicted molar refractivity (Wildman–Crippen MR) is 52.3 cm³/mol. The number of ketones is 1. The molecule has 2 bridgehead atoms. The molecule has 0 aromatic carbocycles. The maximum Gasteiger partial charge on any atom is 0.352 e. The van der Waals surface area contributed by atoms with Gasteiger partial charge in [0.05, 0.1) is 0 Å². The molecule has 0 heterocycles. The Balaban J connectivity index is 2.31. The van der Waals surface area contributed by atoms with Gasteiger partial charge in [-0.15, -0.1) is 0 Å². The average Bonchev–Trinajstić information content (AvgIpc) is 2.60. The van der Waals surface area contributed by atoms with E-state index in [2.05, 4.69) is 4.74 Å². The summed E-state index contributed by atoms with van der Waals surface area (Å²) in [6.45, 7) is 1.08. The van der Waals surface area contributed by atoms with Crippen LogP contribution in [0.25, 0.3) is 0 Å². The van der Waals surface area contributed by atoms with Crippen molar-refractivity contribution >= 4 is 17.7 Å². The van der Waals surface area contributed by atoms with Gasteiger partial charge in [-0.3, -0.25) is 9.59 Å². The second kappa shape index (κ2) is 3.73. The summed E-state index contributed by atoms with van der Waals surface area (Å²) in [5.41, 5.74) is -0.325. The molecule has 0 saturated heterocycles. The van der Waals surface area contributed by atoms with Crippen LogP contribution in [0.5, 0.6) is 0 Å². The SMILES string of the molecule is CC(=O)OC(=O)C1=C(O)C2CCC(C2)C1=O. The number of carbonyl (C=O) groups excluding carboxylic acids is 3. The molecule has 86 valence electrons. The van der Waals surface area contributed by atoms with E-state index >= 15 is 0 Å². The lowest BCUT2D eigenvalue weighted by Gasteiger charge is -2.19. The third kappa shape index (κ3) is 1.62. The van der Waals surface area contributed by atoms with Gasteiger partial charge in [-0.1, -0.05) is 0 Å². The number of Topliss-reactive ketones (excluding diaryl/α,β-unsaturated/α-hetero) is 1. The van der Waals surface area contributed by atoms with Crippen molar-refractivity contribution in [2.45, 2.75) is 26.2 Å². The lowest BCUT2D eigenvalue weighted by molar-refractivity contribution is -0.155. The molecular weight excluding hydrogens is 212 g/mol. The summed E-state index contributed by atoms with van der Waals surface area (Å²) in [7, 11) is 0. The Morgan fingerprint density at radius 2 is 1.94 bits per heavy atom. The lowest BCUT2D eigenvalue weighted by Crippen LogP contribution is -2.28. The van der Waals surface area contributed by atoms with Crippen molar-refractivity contribution in [3.8, 4) is 0 Å². The summed E-state index contributed by atoms with van der Waals surface area (Å²) in [6, 6.07) is 0. The zero-order valence-electron chi connectivity index (χ0n) is 8.86. The summed E-state index contributed by atoms with van der Waals surface area (Å²) in [4.78, 5) is 33.9. The number of esters is 2. The molecule has 2 rings (SSSR count). The first kappa shape index (κ1) is 10.9. The summed E-state index contributed by atoms with van der Waals surface area (Å²) >= 11 is 0. The third-order valence-corrected chi connectivity index (χ3v) is 3.13. The van der Waals surface area contributed by atoms with Gasteiger partial charge in [-0.25, -0.2) is 4.79 Å². The molecule has 0 spiro atoms. The van der Waals surface area contributed by atoms with Crippen molar-refractivity contribution in [1.82, 2.24) is 0 Å². The highest BCUT2D eigenvalue weighted by Crippen LogP contribution is 2.42. The molecule has 2 aliphatic carbocycles. The van der Waals surface area contributed by atoms with Gasteiger partial charge in [0.2, 0.25) is 0 Å². The maximum atomic E-state index is 11.8. The lowest BCUT2D eigenvalue weighted by atomic mass is 9.86. The molecule has 2 aliphatic rings. The van der Waals surface area contributed by atoms with E-state index in [4.69, 9.17) is 0 Å². The van der Waals surface area contributed by atoms with Gasteiger partial charge in [-0.2, -0.15) is 0 Å². The molecule has 16 heavy (non-hydrogen) atoms. The number of aliphatic hydroxyl groups is 1. The van der Waals surface area contributed by atoms with Crippen LogP contribution in [0, 0.1) is 11.8 Å². The van der Waals surface area contributed by atoms with Crippen molar-refractivity contribution in [2.24, 2.45) is 11.8 Å². The van der Waals surface area contributed by atoms with Crippen LogP contribution in [0.2, 0.25) is 0 Å². The monoisotopic (exact) mass is 224 g/mol. The van der Waals surface area contributed by atoms with Crippen LogP contribution in [0.4, 0.5) is 0 Å². The second-order valence-electron chi connectivity index (χ2n) is 4.21. The van der Waals surface area contributed by atoms with Crippen LogP contribution in [0.3, 0.4) is 0 Å². The van der Waals surface area contributed by atoms with E-state index in [9.17, 15) is 19.5 Å². The predicted octanol–water partition coefficient (Wildman–Crippen LogP) is 0.887. The fourth-order valence-corrected chi connectivity index (χ4v) is 2.39. The van der Waals surface area contributed by atoms with Gasteiger partial charge >= 0.3 is 11.9 Å². The van der Waals surface area contributed by atoms with Gasteiger partial charge in [-0.05, 0) is 19.3 Å². The highest BCUT2D eigenvalue weighted by Gasteiger charge is 2.44. The molecule has 0 amide bonds. The van der Waals surface area contributed by atoms with Crippen molar-refractivity contribution in [3.63, 3.8) is 0 Å². The standard InChI is InChI=1S/C11H12O5/c1-5(12)16-11(15)8-9(13)6-2-3-7(4-6)10(8)14/h6-7,13H,2-4H2,1H3. The van der Waals surface area contributed by atoms with Gasteiger partial charge in [0.15, 0.2) is 5.78 Å². The van der Waals surface area contributed by atoms with E-state index in [0.29, 0.717) is 19.3 Å². The molecule has 5 nitrogen and oxygen atoms in total. The van der Waals surface area contributed by atoms with E-state index in [1.807, 2.05) is 0 Å². The molecule has 5 heteroatoms. The quantitative estimate of drug-likeness (QED) is 0.406. The van der Waals surface area contributed by atoms with Crippen LogP contribution in [0.1, 0.15) is 26.2 Å². The van der Waals surface area contributed by atoms with Crippen molar-refractivity contribution in [2.75, 3.05) is 0 Å². The highest BCUT2D eigenvalue weighted by atomic mass is 16.6. The van der Waals surface area contributed by atoms with Crippen LogP contribution < -0.4 is 0 Å². The number of hydrogen-bond acceptors (Lipinski definition) is 5. The number of fused-ring (bicyclic) bond motifs is 2. The van der Waals surface area contributed by atoms with E-state index in [-0.39, 0.29) is 23.2 Å². The molecule has 0 radical (unpaired) electrons. The second-order valence-corrected chi connectivity index (χ2v) is 4.21. The summed E-state index contributed by atoms with van der Waals surface area (Å²) in [6.07, 6.45) is 1.99. The van der Waals surface area contributed by atoms with Crippen LogP contribution in [-0.2, 0) is 19.1 Å². The fourth-order valence-electron chi connectivity index (χ4n) is 2.39. The van der Waals surface area contributed by atoms with Crippen molar-refractivity contribution < 1.29 is 24.2 Å². The number of rotatable bonds is 1. The number of carbonyl (C=O) groups is 3. The van der Waals surface area contributed by atoms with Crippen LogP contribution in [0.15, 0.2) is 11.3 Å². The van der Waals surface area contributed by atoms with Crippen molar-refractivity contribution in [3.05, 3.63) is 11.3 Å². The summed E-state index contributed by atoms with van der Waals surface area (Å²) in [5.74, 6) is -2.72. The van der Waals surface area contributed by atoms with Gasteiger partial charge in [0, 0.05) is 18.8 Å². The fraction of sp³-hybridized carbons (Fsp3) is 0.545. The zero-order chi connectivity index (χ0) is 11.9. The molecule has 0 aliphatic heterocycles. The molecule has 1 N–H and O–H groups in total. The molecule has 2 atom stereocenters. The number of aliphatic hydroxyl groups excluding tert-OH is 1. The average molecular weight is 224 g/mol.